The first-order chi connectivity index (χ1) is 11.5. The van der Waals surface area contributed by atoms with Gasteiger partial charge in [0, 0.05) is 17.0 Å². The quantitative estimate of drug-likeness (QED) is 0.867. The summed E-state index contributed by atoms with van der Waals surface area (Å²) in [6.45, 7) is 9.19. The largest absolute Gasteiger partial charge is 0.361 e. The van der Waals surface area contributed by atoms with Gasteiger partial charge in [-0.3, -0.25) is 4.79 Å². The smallest absolute Gasteiger partial charge is 0.227 e. The number of rotatable bonds is 6. The predicted molar refractivity (Wildman–Crippen MR) is 92.9 cm³/mol. The van der Waals surface area contributed by atoms with Gasteiger partial charge in [0.2, 0.25) is 5.91 Å². The Morgan fingerprint density at radius 2 is 2.25 bits per heavy atom. The summed E-state index contributed by atoms with van der Waals surface area (Å²) < 4.78 is 5.20. The van der Waals surface area contributed by atoms with Crippen LogP contribution in [0.2, 0.25) is 0 Å². The van der Waals surface area contributed by atoms with Crippen molar-refractivity contribution >= 4 is 17.2 Å². The van der Waals surface area contributed by atoms with Gasteiger partial charge in [0.1, 0.15) is 5.76 Å². The summed E-state index contributed by atoms with van der Waals surface area (Å²) in [5, 5.41) is 7.34. The second-order valence-electron chi connectivity index (χ2n) is 6.47. The molecule has 0 aromatic carbocycles. The summed E-state index contributed by atoms with van der Waals surface area (Å²) >= 11 is 1.62. The number of hydrogen-bond donors (Lipinski definition) is 1. The summed E-state index contributed by atoms with van der Waals surface area (Å²) in [4.78, 5) is 20.4. The van der Waals surface area contributed by atoms with Gasteiger partial charge < -0.3 is 14.7 Å². The van der Waals surface area contributed by atoms with E-state index >= 15 is 0 Å². The Morgan fingerprint density at radius 3 is 2.83 bits per heavy atom. The molecule has 2 aromatic rings. The third-order valence-electron chi connectivity index (χ3n) is 4.68. The van der Waals surface area contributed by atoms with Crippen LogP contribution in [0.5, 0.6) is 0 Å². The number of thiazole rings is 1. The summed E-state index contributed by atoms with van der Waals surface area (Å²) in [5.41, 5.74) is 4.58. The molecule has 0 saturated carbocycles. The molecule has 0 radical (unpaired) electrons. The molecule has 1 N–H and O–H groups in total. The molecule has 2 aromatic heterocycles. The zero-order valence-corrected chi connectivity index (χ0v) is 15.3. The molecular formula is C17H24N4O2S. The highest BCUT2D eigenvalue weighted by atomic mass is 32.1. The van der Waals surface area contributed by atoms with Crippen LogP contribution in [0.1, 0.15) is 34.0 Å². The van der Waals surface area contributed by atoms with E-state index < -0.39 is 0 Å². The monoisotopic (exact) mass is 348 g/mol. The van der Waals surface area contributed by atoms with Gasteiger partial charge >= 0.3 is 0 Å². The number of carbonyl (C=O) groups excluding carboxylic acids is 1. The fourth-order valence-electron chi connectivity index (χ4n) is 3.11. The molecule has 1 aliphatic heterocycles. The van der Waals surface area contributed by atoms with Crippen LogP contribution in [0.3, 0.4) is 0 Å². The van der Waals surface area contributed by atoms with E-state index in [1.165, 1.54) is 0 Å². The molecule has 130 valence electrons. The lowest BCUT2D eigenvalue weighted by molar-refractivity contribution is -0.131. The van der Waals surface area contributed by atoms with Gasteiger partial charge in [0.25, 0.3) is 0 Å². The van der Waals surface area contributed by atoms with E-state index in [1.54, 1.807) is 11.3 Å². The molecule has 1 fully saturated rings. The molecule has 0 spiro atoms. The fourth-order valence-corrected chi connectivity index (χ4v) is 3.90. The van der Waals surface area contributed by atoms with Gasteiger partial charge in [-0.2, -0.15) is 0 Å². The minimum Gasteiger partial charge on any atom is -0.361 e. The molecule has 1 amide bonds. The van der Waals surface area contributed by atoms with Crippen LogP contribution < -0.4 is 5.32 Å². The molecule has 7 heteroatoms. The number of aromatic nitrogens is 2. The topological polar surface area (TPSA) is 71.3 Å². The van der Waals surface area contributed by atoms with Gasteiger partial charge in [-0.25, -0.2) is 4.98 Å². The molecule has 1 aliphatic rings. The van der Waals surface area contributed by atoms with Crippen LogP contribution in [0.15, 0.2) is 10.0 Å². The van der Waals surface area contributed by atoms with Crippen molar-refractivity contribution in [2.75, 3.05) is 19.6 Å². The Bertz CT molecular complexity index is 684. The van der Waals surface area contributed by atoms with E-state index in [0.29, 0.717) is 18.9 Å². The van der Waals surface area contributed by atoms with E-state index in [9.17, 15) is 4.79 Å². The average molecular weight is 348 g/mol. The molecule has 3 heterocycles. The van der Waals surface area contributed by atoms with Crippen LogP contribution in [-0.4, -0.2) is 40.6 Å². The van der Waals surface area contributed by atoms with E-state index in [4.69, 9.17) is 4.52 Å². The third kappa shape index (κ3) is 3.84. The molecule has 3 rings (SSSR count). The van der Waals surface area contributed by atoms with Gasteiger partial charge in [-0.05, 0) is 46.2 Å². The molecule has 0 unspecified atom stereocenters. The van der Waals surface area contributed by atoms with E-state index in [2.05, 4.69) is 15.5 Å². The first-order valence-electron chi connectivity index (χ1n) is 8.33. The van der Waals surface area contributed by atoms with Crippen molar-refractivity contribution < 1.29 is 9.32 Å². The Kier molecular flexibility index (Phi) is 5.30. The van der Waals surface area contributed by atoms with Crippen LogP contribution in [0.25, 0.3) is 0 Å². The van der Waals surface area contributed by atoms with Crippen molar-refractivity contribution in [3.63, 3.8) is 0 Å². The number of nitrogens with one attached hydrogen (secondary N) is 1. The number of hydrogen-bond acceptors (Lipinski definition) is 6. The van der Waals surface area contributed by atoms with Crippen LogP contribution in [-0.2, 0) is 17.8 Å². The van der Waals surface area contributed by atoms with Crippen LogP contribution in [0, 0.1) is 26.7 Å². The molecule has 1 atom stereocenters. The Labute approximate surface area is 146 Å². The minimum atomic E-state index is 0.129. The molecule has 0 aliphatic carbocycles. The van der Waals surface area contributed by atoms with Crippen LogP contribution >= 0.6 is 11.3 Å². The lowest BCUT2D eigenvalue weighted by atomic mass is 10.1. The Balaban J connectivity index is 1.74. The van der Waals surface area contributed by atoms with Crippen molar-refractivity contribution in [3.05, 3.63) is 33.1 Å². The highest BCUT2D eigenvalue weighted by Crippen LogP contribution is 2.20. The van der Waals surface area contributed by atoms with E-state index in [1.807, 2.05) is 31.2 Å². The van der Waals surface area contributed by atoms with Gasteiger partial charge in [-0.1, -0.05) is 5.16 Å². The Hall–Kier alpha value is -1.73. The summed E-state index contributed by atoms with van der Waals surface area (Å²) in [6, 6.07) is 0. The third-order valence-corrected chi connectivity index (χ3v) is 5.60. The van der Waals surface area contributed by atoms with Crippen molar-refractivity contribution in [1.82, 2.24) is 20.4 Å². The molecule has 6 nitrogen and oxygen atoms in total. The maximum atomic E-state index is 13.0. The van der Waals surface area contributed by atoms with Crippen molar-refractivity contribution in [3.8, 4) is 0 Å². The maximum Gasteiger partial charge on any atom is 0.227 e. The first kappa shape index (κ1) is 17.1. The highest BCUT2D eigenvalue weighted by molar-refractivity contribution is 7.09. The molecule has 1 saturated heterocycles. The maximum absolute atomic E-state index is 13.0. The Morgan fingerprint density at radius 1 is 1.42 bits per heavy atom. The standard InChI is InChI=1S/C17H24N4O2S/c1-11-15(13(3)23-20-11)6-17(22)21(8-14-4-5-18-7-14)9-16-12(2)19-10-24-16/h10,14,18H,4-9H2,1-3H3/t14-/m1/s1. The lowest BCUT2D eigenvalue weighted by Crippen LogP contribution is -2.36. The van der Waals surface area contributed by atoms with Crippen LogP contribution in [0.4, 0.5) is 0 Å². The fraction of sp³-hybridized carbons (Fsp3) is 0.588. The van der Waals surface area contributed by atoms with E-state index in [-0.39, 0.29) is 5.91 Å². The molecule has 0 bridgehead atoms. The average Bonchev–Trinajstić information content (AvgIpc) is 3.27. The second kappa shape index (κ2) is 7.44. The van der Waals surface area contributed by atoms with Crippen molar-refractivity contribution in [1.29, 1.82) is 0 Å². The molecule has 24 heavy (non-hydrogen) atoms. The number of aryl methyl sites for hydroxylation is 3. The summed E-state index contributed by atoms with van der Waals surface area (Å²) in [5.74, 6) is 1.38. The number of amides is 1. The second-order valence-corrected chi connectivity index (χ2v) is 7.41. The zero-order chi connectivity index (χ0) is 17.1. The van der Waals surface area contributed by atoms with Gasteiger partial charge in [0.15, 0.2) is 0 Å². The number of nitrogens with zero attached hydrogens (tertiary/aromatic N) is 3. The predicted octanol–water partition coefficient (Wildman–Crippen LogP) is 2.24. The van der Waals surface area contributed by atoms with Crippen molar-refractivity contribution in [2.45, 2.75) is 40.2 Å². The highest BCUT2D eigenvalue weighted by Gasteiger charge is 2.24. The number of carbonyl (C=O) groups is 1. The minimum absolute atomic E-state index is 0.129. The molecular weight excluding hydrogens is 324 g/mol. The van der Waals surface area contributed by atoms with E-state index in [0.717, 1.165) is 53.6 Å². The van der Waals surface area contributed by atoms with Gasteiger partial charge in [-0.15, -0.1) is 11.3 Å². The SMILES string of the molecule is Cc1ncsc1CN(C[C@@H]1CCNC1)C(=O)Cc1c(C)noc1C. The zero-order valence-electron chi connectivity index (χ0n) is 14.5. The van der Waals surface area contributed by atoms with Gasteiger partial charge in [0.05, 0.1) is 29.9 Å². The summed E-state index contributed by atoms with van der Waals surface area (Å²) in [6.07, 6.45) is 1.47. The normalized spacial score (nSPS) is 17.4. The first-order valence-corrected chi connectivity index (χ1v) is 9.21. The lowest BCUT2D eigenvalue weighted by Gasteiger charge is -2.25. The summed E-state index contributed by atoms with van der Waals surface area (Å²) in [7, 11) is 0. The van der Waals surface area contributed by atoms with Crippen molar-refractivity contribution in [2.24, 2.45) is 5.92 Å².